The van der Waals surface area contributed by atoms with Crippen LogP contribution < -0.4 is 5.73 Å². The molecule has 1 nitrogen and oxygen atoms in total. The first-order valence-electron chi connectivity index (χ1n) is 5.55. The van der Waals surface area contributed by atoms with Crippen molar-refractivity contribution in [3.05, 3.63) is 57.5 Å². The van der Waals surface area contributed by atoms with Crippen LogP contribution in [-0.4, -0.2) is 0 Å². The molecule has 94 valence electrons. The second kappa shape index (κ2) is 6.11. The van der Waals surface area contributed by atoms with Crippen LogP contribution in [0.3, 0.4) is 0 Å². The minimum Gasteiger partial charge on any atom is -0.324 e. The highest BCUT2D eigenvalue weighted by Crippen LogP contribution is 2.37. The van der Waals surface area contributed by atoms with Crippen LogP contribution in [0.5, 0.6) is 0 Å². The Labute approximate surface area is 125 Å². The lowest BCUT2D eigenvalue weighted by Gasteiger charge is -2.13. The van der Waals surface area contributed by atoms with Gasteiger partial charge in [0.25, 0.3) is 0 Å². The number of nitrogens with two attached hydrogens (primary N) is 1. The topological polar surface area (TPSA) is 26.0 Å². The highest BCUT2D eigenvalue weighted by Gasteiger charge is 2.10. The Bertz CT molecular complexity index is 557. The fourth-order valence-electron chi connectivity index (χ4n) is 1.62. The van der Waals surface area contributed by atoms with Gasteiger partial charge in [0.2, 0.25) is 0 Å². The van der Waals surface area contributed by atoms with Gasteiger partial charge in [0.1, 0.15) is 0 Å². The summed E-state index contributed by atoms with van der Waals surface area (Å²) in [6.07, 6.45) is 0. The summed E-state index contributed by atoms with van der Waals surface area (Å²) in [6.45, 7) is 1.99. The van der Waals surface area contributed by atoms with Gasteiger partial charge < -0.3 is 5.73 Å². The zero-order valence-electron chi connectivity index (χ0n) is 9.86. The number of halogens is 2. The zero-order valence-corrected chi connectivity index (χ0v) is 13.0. The van der Waals surface area contributed by atoms with E-state index in [1.54, 1.807) is 11.8 Å². The quantitative estimate of drug-likeness (QED) is 0.822. The summed E-state index contributed by atoms with van der Waals surface area (Å²) >= 11 is 11.3. The number of hydrogen-bond acceptors (Lipinski definition) is 2. The number of rotatable bonds is 3. The van der Waals surface area contributed by atoms with Gasteiger partial charge in [-0.2, -0.15) is 0 Å². The highest BCUT2D eigenvalue weighted by molar-refractivity contribution is 9.10. The summed E-state index contributed by atoms with van der Waals surface area (Å²) < 4.78 is 1.04. The van der Waals surface area contributed by atoms with Crippen LogP contribution in [0.25, 0.3) is 0 Å². The third-order valence-corrected chi connectivity index (χ3v) is 4.61. The predicted octanol–water partition coefficient (Wildman–Crippen LogP) is 5.27. The van der Waals surface area contributed by atoms with Crippen molar-refractivity contribution in [2.24, 2.45) is 5.73 Å². The Kier molecular flexibility index (Phi) is 4.73. The molecule has 2 rings (SSSR count). The molecule has 1 unspecified atom stereocenters. The molecule has 0 fully saturated rings. The summed E-state index contributed by atoms with van der Waals surface area (Å²) in [4.78, 5) is 2.17. The van der Waals surface area contributed by atoms with E-state index in [9.17, 15) is 0 Å². The van der Waals surface area contributed by atoms with E-state index < -0.39 is 0 Å². The summed E-state index contributed by atoms with van der Waals surface area (Å²) in [7, 11) is 0. The van der Waals surface area contributed by atoms with Crippen LogP contribution in [-0.2, 0) is 0 Å². The maximum absolute atomic E-state index is 6.18. The first-order valence-corrected chi connectivity index (χ1v) is 7.54. The second-order valence-electron chi connectivity index (χ2n) is 4.00. The fraction of sp³-hybridized carbons (Fsp3) is 0.143. The zero-order chi connectivity index (χ0) is 13.1. The Balaban J connectivity index is 2.39. The van der Waals surface area contributed by atoms with Crippen molar-refractivity contribution in [3.8, 4) is 0 Å². The largest absolute Gasteiger partial charge is 0.324 e. The van der Waals surface area contributed by atoms with E-state index in [1.165, 1.54) is 0 Å². The highest BCUT2D eigenvalue weighted by atomic mass is 79.9. The van der Waals surface area contributed by atoms with E-state index in [-0.39, 0.29) is 6.04 Å². The van der Waals surface area contributed by atoms with Crippen LogP contribution in [0.4, 0.5) is 0 Å². The van der Waals surface area contributed by atoms with Crippen LogP contribution >= 0.6 is 39.3 Å². The lowest BCUT2D eigenvalue weighted by Crippen LogP contribution is -2.06. The summed E-state index contributed by atoms with van der Waals surface area (Å²) in [6, 6.07) is 14.0. The van der Waals surface area contributed by atoms with E-state index in [0.717, 1.165) is 24.8 Å². The summed E-state index contributed by atoms with van der Waals surface area (Å²) in [5, 5.41) is 0.762. The van der Waals surface area contributed by atoms with Gasteiger partial charge in [-0.25, -0.2) is 0 Å². The summed E-state index contributed by atoms with van der Waals surface area (Å²) in [5.74, 6) is 0. The van der Waals surface area contributed by atoms with Crippen LogP contribution in [0.1, 0.15) is 18.5 Å². The Morgan fingerprint density at radius 2 is 1.89 bits per heavy atom. The predicted molar refractivity (Wildman–Crippen MR) is 82.3 cm³/mol. The van der Waals surface area contributed by atoms with Gasteiger partial charge in [-0.05, 0) is 36.8 Å². The SMILES string of the molecule is CC(N)c1ccc(Br)cc1Sc1ccccc1Cl. The number of benzene rings is 2. The molecule has 0 amide bonds. The molecule has 0 aliphatic heterocycles. The van der Waals surface area contributed by atoms with Gasteiger partial charge in [-0.15, -0.1) is 0 Å². The first kappa shape index (κ1) is 13.9. The van der Waals surface area contributed by atoms with E-state index in [1.807, 2.05) is 43.3 Å². The van der Waals surface area contributed by atoms with Crippen LogP contribution in [0.2, 0.25) is 5.02 Å². The van der Waals surface area contributed by atoms with E-state index in [0.29, 0.717) is 0 Å². The standard InChI is InChI=1S/C14H13BrClNS/c1-9(17)11-7-6-10(15)8-14(11)18-13-5-3-2-4-12(13)16/h2-9H,17H2,1H3. The van der Waals surface area contributed by atoms with Crippen molar-refractivity contribution in [2.45, 2.75) is 22.8 Å². The molecule has 0 aromatic heterocycles. The molecule has 0 aliphatic carbocycles. The van der Waals surface area contributed by atoms with E-state index in [4.69, 9.17) is 17.3 Å². The third kappa shape index (κ3) is 3.29. The molecular weight excluding hydrogens is 330 g/mol. The van der Waals surface area contributed by atoms with Crippen molar-refractivity contribution < 1.29 is 0 Å². The molecule has 0 radical (unpaired) electrons. The van der Waals surface area contributed by atoms with Gasteiger partial charge in [0.05, 0.1) is 5.02 Å². The Morgan fingerprint density at radius 1 is 1.17 bits per heavy atom. The molecule has 0 bridgehead atoms. The fourth-order valence-corrected chi connectivity index (χ4v) is 3.49. The van der Waals surface area contributed by atoms with Gasteiger partial charge >= 0.3 is 0 Å². The minimum atomic E-state index is 0.00286. The van der Waals surface area contributed by atoms with Crippen molar-refractivity contribution in [2.75, 3.05) is 0 Å². The van der Waals surface area contributed by atoms with Gasteiger partial charge in [0, 0.05) is 20.3 Å². The molecule has 0 spiro atoms. The lowest BCUT2D eigenvalue weighted by atomic mass is 10.1. The normalized spacial score (nSPS) is 12.4. The molecule has 0 aliphatic rings. The van der Waals surface area contributed by atoms with Crippen molar-refractivity contribution in [3.63, 3.8) is 0 Å². The van der Waals surface area contributed by atoms with E-state index >= 15 is 0 Å². The molecule has 2 aromatic carbocycles. The maximum atomic E-state index is 6.18. The maximum Gasteiger partial charge on any atom is 0.0545 e. The monoisotopic (exact) mass is 341 g/mol. The molecule has 0 saturated heterocycles. The van der Waals surface area contributed by atoms with Gasteiger partial charge in [-0.3, -0.25) is 0 Å². The molecule has 0 saturated carbocycles. The first-order chi connectivity index (χ1) is 8.58. The number of hydrogen-bond donors (Lipinski definition) is 1. The molecule has 1 atom stereocenters. The average Bonchev–Trinajstić information content (AvgIpc) is 2.32. The second-order valence-corrected chi connectivity index (χ2v) is 6.41. The van der Waals surface area contributed by atoms with Crippen LogP contribution in [0.15, 0.2) is 56.7 Å². The molecule has 4 heteroatoms. The Morgan fingerprint density at radius 3 is 2.56 bits per heavy atom. The van der Waals surface area contributed by atoms with Crippen LogP contribution in [0, 0.1) is 0 Å². The Hall–Kier alpha value is -0.480. The van der Waals surface area contributed by atoms with Crippen molar-refractivity contribution in [1.29, 1.82) is 0 Å². The third-order valence-electron chi connectivity index (χ3n) is 2.52. The average molecular weight is 343 g/mol. The van der Waals surface area contributed by atoms with Gasteiger partial charge in [0.15, 0.2) is 0 Å². The van der Waals surface area contributed by atoms with Gasteiger partial charge in [-0.1, -0.05) is 57.5 Å². The van der Waals surface area contributed by atoms with Crippen molar-refractivity contribution >= 4 is 39.3 Å². The molecular formula is C14H13BrClNS. The molecule has 2 N–H and O–H groups in total. The molecule has 0 heterocycles. The minimum absolute atomic E-state index is 0.00286. The van der Waals surface area contributed by atoms with E-state index in [2.05, 4.69) is 22.0 Å². The van der Waals surface area contributed by atoms with Crippen molar-refractivity contribution in [1.82, 2.24) is 0 Å². The molecule has 2 aromatic rings. The summed E-state index contributed by atoms with van der Waals surface area (Å²) in [5.41, 5.74) is 7.12. The molecule has 18 heavy (non-hydrogen) atoms. The smallest absolute Gasteiger partial charge is 0.0545 e. The lowest BCUT2D eigenvalue weighted by molar-refractivity contribution is 0.797.